The minimum atomic E-state index is -1.45. The van der Waals surface area contributed by atoms with Gasteiger partial charge in [0.05, 0.1) is 19.8 Å². The summed E-state index contributed by atoms with van der Waals surface area (Å²) in [6, 6.07) is 0. The fourth-order valence-electron chi connectivity index (χ4n) is 3.63. The van der Waals surface area contributed by atoms with Gasteiger partial charge >= 0.3 is 0 Å². The standard InChI is InChI=1S/C16H24O7/c1-8-6-22-16(9(2)3-4-10(8)16)7-21-15-14(20)13(19)12(18)11(5-17)23-15/h3,10-15,17-20H,1,4-7H2,2H3/t10-,11-,12-,13+,14-,15-,16-/m1/s1. The third-order valence-electron chi connectivity index (χ3n) is 5.21. The highest BCUT2D eigenvalue weighted by Crippen LogP contribution is 2.48. The molecule has 7 heteroatoms. The van der Waals surface area contributed by atoms with Gasteiger partial charge in [-0.1, -0.05) is 12.7 Å². The van der Waals surface area contributed by atoms with E-state index in [1.807, 2.05) is 6.92 Å². The van der Waals surface area contributed by atoms with Crippen LogP contribution in [0.25, 0.3) is 0 Å². The summed E-state index contributed by atoms with van der Waals surface area (Å²) in [6.45, 7) is 6.13. The van der Waals surface area contributed by atoms with Gasteiger partial charge in [0.25, 0.3) is 0 Å². The average molecular weight is 328 g/mol. The Morgan fingerprint density at radius 3 is 2.74 bits per heavy atom. The molecule has 1 aliphatic carbocycles. The van der Waals surface area contributed by atoms with E-state index < -0.39 is 42.9 Å². The Kier molecular flexibility index (Phi) is 4.63. The molecule has 0 radical (unpaired) electrons. The summed E-state index contributed by atoms with van der Waals surface area (Å²) in [5.41, 5.74) is 1.44. The van der Waals surface area contributed by atoms with Gasteiger partial charge in [0, 0.05) is 5.92 Å². The fourth-order valence-corrected chi connectivity index (χ4v) is 3.63. The first-order valence-corrected chi connectivity index (χ1v) is 7.81. The molecule has 0 saturated carbocycles. The maximum absolute atomic E-state index is 10.0. The zero-order chi connectivity index (χ0) is 16.8. The van der Waals surface area contributed by atoms with Gasteiger partial charge in [-0.2, -0.15) is 0 Å². The van der Waals surface area contributed by atoms with Crippen LogP contribution in [-0.4, -0.2) is 76.6 Å². The van der Waals surface area contributed by atoms with E-state index in [0.717, 1.165) is 17.6 Å². The molecule has 7 nitrogen and oxygen atoms in total. The average Bonchev–Trinajstić information content (AvgIpc) is 3.03. The van der Waals surface area contributed by atoms with Crippen molar-refractivity contribution in [2.45, 2.75) is 49.7 Å². The zero-order valence-corrected chi connectivity index (χ0v) is 13.1. The second-order valence-electron chi connectivity index (χ2n) is 6.52. The number of ether oxygens (including phenoxy) is 3. The molecular formula is C16H24O7. The number of hydrogen-bond donors (Lipinski definition) is 4. The van der Waals surface area contributed by atoms with Crippen molar-refractivity contribution in [3.63, 3.8) is 0 Å². The highest BCUT2D eigenvalue weighted by atomic mass is 16.7. The summed E-state index contributed by atoms with van der Waals surface area (Å²) in [7, 11) is 0. The molecule has 2 heterocycles. The maximum Gasteiger partial charge on any atom is 0.186 e. The first-order chi connectivity index (χ1) is 10.9. The van der Waals surface area contributed by atoms with Crippen LogP contribution in [0.3, 0.4) is 0 Å². The smallest absolute Gasteiger partial charge is 0.186 e. The lowest BCUT2D eigenvalue weighted by molar-refractivity contribution is -0.308. The van der Waals surface area contributed by atoms with Crippen LogP contribution >= 0.6 is 0 Å². The first-order valence-electron chi connectivity index (χ1n) is 7.81. The van der Waals surface area contributed by atoms with Crippen LogP contribution in [0.5, 0.6) is 0 Å². The number of rotatable bonds is 4. The van der Waals surface area contributed by atoms with Crippen molar-refractivity contribution in [2.24, 2.45) is 5.92 Å². The molecule has 0 amide bonds. The van der Waals surface area contributed by atoms with Gasteiger partial charge in [0.1, 0.15) is 30.0 Å². The van der Waals surface area contributed by atoms with Gasteiger partial charge < -0.3 is 34.6 Å². The fraction of sp³-hybridized carbons (Fsp3) is 0.750. The van der Waals surface area contributed by atoms with E-state index in [1.54, 1.807) is 0 Å². The van der Waals surface area contributed by atoms with Gasteiger partial charge in [-0.3, -0.25) is 0 Å². The summed E-state index contributed by atoms with van der Waals surface area (Å²) >= 11 is 0. The Hall–Kier alpha value is -0.800. The van der Waals surface area contributed by atoms with E-state index in [2.05, 4.69) is 12.7 Å². The highest BCUT2D eigenvalue weighted by molar-refractivity contribution is 5.34. The molecule has 130 valence electrons. The second kappa shape index (κ2) is 6.25. The molecule has 7 atom stereocenters. The number of hydrogen-bond acceptors (Lipinski definition) is 7. The molecular weight excluding hydrogens is 304 g/mol. The maximum atomic E-state index is 10.0. The molecule has 3 aliphatic rings. The molecule has 4 N–H and O–H groups in total. The lowest BCUT2D eigenvalue weighted by Crippen LogP contribution is -2.59. The van der Waals surface area contributed by atoms with Crippen molar-refractivity contribution in [1.82, 2.24) is 0 Å². The molecule has 0 aromatic heterocycles. The summed E-state index contributed by atoms with van der Waals surface area (Å²) in [6.07, 6.45) is -3.44. The van der Waals surface area contributed by atoms with Crippen molar-refractivity contribution >= 4 is 0 Å². The summed E-state index contributed by atoms with van der Waals surface area (Å²) in [5, 5.41) is 38.8. The van der Waals surface area contributed by atoms with Crippen LogP contribution in [0.2, 0.25) is 0 Å². The summed E-state index contributed by atoms with van der Waals surface area (Å²) in [5.74, 6) is 0.132. The number of aliphatic hydroxyl groups excluding tert-OH is 4. The van der Waals surface area contributed by atoms with Gasteiger partial charge in [-0.25, -0.2) is 0 Å². The number of aliphatic hydroxyl groups is 4. The summed E-state index contributed by atoms with van der Waals surface area (Å²) in [4.78, 5) is 0. The van der Waals surface area contributed by atoms with Gasteiger partial charge in [0.15, 0.2) is 6.29 Å². The monoisotopic (exact) mass is 328 g/mol. The van der Waals surface area contributed by atoms with Gasteiger partial charge in [-0.05, 0) is 24.5 Å². The molecule has 2 aliphatic heterocycles. The van der Waals surface area contributed by atoms with Crippen LogP contribution in [-0.2, 0) is 14.2 Å². The van der Waals surface area contributed by atoms with E-state index in [1.165, 1.54) is 0 Å². The van der Waals surface area contributed by atoms with Crippen LogP contribution < -0.4 is 0 Å². The van der Waals surface area contributed by atoms with E-state index in [9.17, 15) is 20.4 Å². The normalized spacial score (nSPS) is 46.8. The predicted octanol–water partition coefficient (Wildman–Crippen LogP) is -0.906. The molecule has 0 unspecified atom stereocenters. The van der Waals surface area contributed by atoms with Crippen LogP contribution in [0.1, 0.15) is 13.3 Å². The highest BCUT2D eigenvalue weighted by Gasteiger charge is 2.52. The van der Waals surface area contributed by atoms with Crippen molar-refractivity contribution in [3.8, 4) is 0 Å². The minimum Gasteiger partial charge on any atom is -0.394 e. The zero-order valence-electron chi connectivity index (χ0n) is 13.1. The third-order valence-corrected chi connectivity index (χ3v) is 5.21. The van der Waals surface area contributed by atoms with E-state index in [0.29, 0.717) is 6.61 Å². The Morgan fingerprint density at radius 1 is 1.30 bits per heavy atom. The Morgan fingerprint density at radius 2 is 2.04 bits per heavy atom. The topological polar surface area (TPSA) is 109 Å². The molecule has 0 spiro atoms. The Bertz CT molecular complexity index is 503. The Balaban J connectivity index is 1.70. The lowest BCUT2D eigenvalue weighted by atomic mass is 9.85. The molecule has 0 aromatic carbocycles. The van der Waals surface area contributed by atoms with E-state index in [4.69, 9.17) is 14.2 Å². The first kappa shape index (κ1) is 17.0. The van der Waals surface area contributed by atoms with Crippen molar-refractivity contribution in [1.29, 1.82) is 0 Å². The van der Waals surface area contributed by atoms with Crippen molar-refractivity contribution < 1.29 is 34.6 Å². The minimum absolute atomic E-state index is 0.132. The molecule has 2 saturated heterocycles. The lowest BCUT2D eigenvalue weighted by Gasteiger charge is -2.41. The molecule has 3 rings (SSSR count). The van der Waals surface area contributed by atoms with Crippen molar-refractivity contribution in [3.05, 3.63) is 23.8 Å². The van der Waals surface area contributed by atoms with E-state index in [-0.39, 0.29) is 12.5 Å². The number of fused-ring (bicyclic) bond motifs is 1. The molecule has 0 bridgehead atoms. The molecule has 23 heavy (non-hydrogen) atoms. The second-order valence-corrected chi connectivity index (χ2v) is 6.52. The van der Waals surface area contributed by atoms with Gasteiger partial charge in [0.2, 0.25) is 0 Å². The van der Waals surface area contributed by atoms with Gasteiger partial charge in [-0.15, -0.1) is 0 Å². The largest absolute Gasteiger partial charge is 0.394 e. The van der Waals surface area contributed by atoms with Crippen molar-refractivity contribution in [2.75, 3.05) is 19.8 Å². The predicted molar refractivity (Wildman–Crippen MR) is 79.4 cm³/mol. The molecule has 2 fully saturated rings. The quantitative estimate of drug-likeness (QED) is 0.495. The van der Waals surface area contributed by atoms with Crippen LogP contribution in [0.4, 0.5) is 0 Å². The van der Waals surface area contributed by atoms with Crippen LogP contribution in [0, 0.1) is 5.92 Å². The third kappa shape index (κ3) is 2.66. The van der Waals surface area contributed by atoms with E-state index >= 15 is 0 Å². The number of allylic oxidation sites excluding steroid dienone is 1. The molecule has 0 aromatic rings. The SMILES string of the molecule is C=C1CO[C@]2(CO[C@@H]3O[C@H](CO)[C@@H](O)[C@H](O)[C@H]3O)C(C)=CC[C@H]12. The summed E-state index contributed by atoms with van der Waals surface area (Å²) < 4.78 is 17.0. The Labute approximate surface area is 134 Å². The van der Waals surface area contributed by atoms with Crippen LogP contribution in [0.15, 0.2) is 23.8 Å².